The second-order valence-corrected chi connectivity index (χ2v) is 8.17. The molecule has 2 saturated heterocycles. The van der Waals surface area contributed by atoms with E-state index < -0.39 is 11.5 Å². The number of hydrogen-bond acceptors (Lipinski definition) is 3. The van der Waals surface area contributed by atoms with Gasteiger partial charge >= 0.3 is 12.0 Å². The lowest BCUT2D eigenvalue weighted by Crippen LogP contribution is -2.58. The number of nitrogens with zero attached hydrogens (tertiary/aromatic N) is 2. The highest BCUT2D eigenvalue weighted by Crippen LogP contribution is 2.36. The van der Waals surface area contributed by atoms with E-state index in [0.29, 0.717) is 43.0 Å². The third kappa shape index (κ3) is 3.15. The molecule has 2 amide bonds. The molecule has 0 saturated carbocycles. The van der Waals surface area contributed by atoms with Crippen LogP contribution in [0.1, 0.15) is 46.5 Å². The van der Waals surface area contributed by atoms with Crippen molar-refractivity contribution in [1.29, 1.82) is 0 Å². The van der Waals surface area contributed by atoms with E-state index in [0.717, 1.165) is 12.8 Å². The van der Waals surface area contributed by atoms with Crippen molar-refractivity contribution in [2.45, 2.75) is 62.5 Å². The molecule has 0 aromatic rings. The van der Waals surface area contributed by atoms with E-state index in [1.807, 2.05) is 23.6 Å². The number of thioether (sulfide) groups is 1. The fraction of sp³-hybridized carbons (Fsp3) is 0.867. The van der Waals surface area contributed by atoms with E-state index in [4.69, 9.17) is 0 Å². The van der Waals surface area contributed by atoms with Gasteiger partial charge in [0.1, 0.15) is 5.54 Å². The minimum absolute atomic E-state index is 0.0812. The third-order valence-corrected chi connectivity index (χ3v) is 5.70. The highest BCUT2D eigenvalue weighted by Gasteiger charge is 2.50. The van der Waals surface area contributed by atoms with Crippen LogP contribution in [0.15, 0.2) is 0 Å². The number of carbonyl (C=O) groups excluding carboxylic acids is 1. The first-order valence-electron chi connectivity index (χ1n) is 7.86. The van der Waals surface area contributed by atoms with Gasteiger partial charge in [0, 0.05) is 30.1 Å². The highest BCUT2D eigenvalue weighted by atomic mass is 32.2. The first-order valence-corrected chi connectivity index (χ1v) is 8.80. The van der Waals surface area contributed by atoms with Crippen molar-refractivity contribution in [2.75, 3.05) is 19.6 Å². The zero-order chi connectivity index (χ0) is 15.6. The molecule has 21 heavy (non-hydrogen) atoms. The van der Waals surface area contributed by atoms with Crippen molar-refractivity contribution in [3.05, 3.63) is 0 Å². The molecule has 120 valence electrons. The third-order valence-electron chi connectivity index (χ3n) is 4.47. The number of hydrogen-bond donors (Lipinski definition) is 1. The van der Waals surface area contributed by atoms with E-state index in [2.05, 4.69) is 13.8 Å². The van der Waals surface area contributed by atoms with Crippen LogP contribution in [0, 0.1) is 0 Å². The number of carboxylic acids is 1. The number of carbonyl (C=O) groups is 2. The number of amides is 2. The summed E-state index contributed by atoms with van der Waals surface area (Å²) >= 11 is 1.89. The molecule has 1 N–H and O–H groups in total. The molecule has 2 rings (SSSR count). The van der Waals surface area contributed by atoms with Gasteiger partial charge in [-0.2, -0.15) is 11.8 Å². The van der Waals surface area contributed by atoms with Crippen LogP contribution in [0.25, 0.3) is 0 Å². The van der Waals surface area contributed by atoms with E-state index in [9.17, 15) is 14.7 Å². The summed E-state index contributed by atoms with van der Waals surface area (Å²) in [6.45, 7) is 8.23. The normalized spacial score (nSPS) is 33.3. The van der Waals surface area contributed by atoms with Gasteiger partial charge in [0.15, 0.2) is 0 Å². The van der Waals surface area contributed by atoms with E-state index >= 15 is 0 Å². The van der Waals surface area contributed by atoms with Crippen molar-refractivity contribution in [1.82, 2.24) is 9.80 Å². The molecule has 3 unspecified atom stereocenters. The van der Waals surface area contributed by atoms with Gasteiger partial charge in [0.05, 0.1) is 0 Å². The molecule has 0 aromatic carbocycles. The molecular formula is C15H26N2O3S. The van der Waals surface area contributed by atoms with E-state index in [1.54, 1.807) is 4.90 Å². The molecule has 2 aliphatic heterocycles. The number of carboxylic acid groups (broad SMARTS) is 1. The maximum absolute atomic E-state index is 12.9. The van der Waals surface area contributed by atoms with Gasteiger partial charge in [-0.3, -0.25) is 0 Å². The Bertz CT molecular complexity index is 408. The SMILES string of the molecule is CCCC1(C(=O)O)CCCN1C(=O)N1CC(C)SC(C)C1. The van der Waals surface area contributed by atoms with E-state index in [1.165, 1.54) is 0 Å². The average Bonchev–Trinajstić information content (AvgIpc) is 2.82. The summed E-state index contributed by atoms with van der Waals surface area (Å²) in [6, 6.07) is -0.0812. The molecule has 2 aliphatic rings. The first-order chi connectivity index (χ1) is 9.90. The lowest BCUT2D eigenvalue weighted by atomic mass is 9.91. The summed E-state index contributed by atoms with van der Waals surface area (Å²) in [7, 11) is 0. The van der Waals surface area contributed by atoms with Gasteiger partial charge in [0.25, 0.3) is 0 Å². The average molecular weight is 314 g/mol. The Balaban J connectivity index is 2.18. The van der Waals surface area contributed by atoms with E-state index in [-0.39, 0.29) is 6.03 Å². The Hall–Kier alpha value is -0.910. The molecule has 0 spiro atoms. The molecule has 0 aliphatic carbocycles. The van der Waals surface area contributed by atoms with Crippen LogP contribution in [0.2, 0.25) is 0 Å². The fourth-order valence-electron chi connectivity index (χ4n) is 3.66. The summed E-state index contributed by atoms with van der Waals surface area (Å²) < 4.78 is 0. The van der Waals surface area contributed by atoms with Gasteiger partial charge in [-0.15, -0.1) is 0 Å². The maximum Gasteiger partial charge on any atom is 0.329 e. The molecule has 3 atom stereocenters. The number of likely N-dealkylation sites (tertiary alicyclic amines) is 1. The molecular weight excluding hydrogens is 288 g/mol. The summed E-state index contributed by atoms with van der Waals surface area (Å²) in [5.74, 6) is -0.845. The summed E-state index contributed by atoms with van der Waals surface area (Å²) in [6.07, 6.45) is 2.68. The lowest BCUT2D eigenvalue weighted by Gasteiger charge is -2.41. The number of urea groups is 1. The Kier molecular flexibility index (Phi) is 5.07. The predicted octanol–water partition coefficient (Wildman–Crippen LogP) is 2.65. The maximum atomic E-state index is 12.9. The second kappa shape index (κ2) is 6.46. The van der Waals surface area contributed by atoms with Crippen molar-refractivity contribution in [3.8, 4) is 0 Å². The zero-order valence-corrected chi connectivity index (χ0v) is 14.0. The number of aliphatic carboxylic acids is 1. The molecule has 2 heterocycles. The highest BCUT2D eigenvalue weighted by molar-refractivity contribution is 8.00. The van der Waals surface area contributed by atoms with Crippen LogP contribution in [-0.2, 0) is 4.79 Å². The molecule has 6 heteroatoms. The second-order valence-electron chi connectivity index (χ2n) is 6.29. The smallest absolute Gasteiger partial charge is 0.329 e. The first kappa shape index (κ1) is 16.5. The fourth-order valence-corrected chi connectivity index (χ4v) is 4.99. The standard InChI is InChI=1S/C15H26N2O3S/c1-4-6-15(13(18)19)7-5-8-17(15)14(20)16-9-11(2)21-12(3)10-16/h11-12H,4-10H2,1-3H3,(H,18,19). The zero-order valence-electron chi connectivity index (χ0n) is 13.2. The molecule has 0 radical (unpaired) electrons. The largest absolute Gasteiger partial charge is 0.479 e. The lowest BCUT2D eigenvalue weighted by molar-refractivity contribution is -0.148. The predicted molar refractivity (Wildman–Crippen MR) is 84.7 cm³/mol. The Morgan fingerprint density at radius 1 is 1.29 bits per heavy atom. The monoisotopic (exact) mass is 314 g/mol. The number of rotatable bonds is 3. The Labute approximate surface area is 131 Å². The molecule has 5 nitrogen and oxygen atoms in total. The summed E-state index contributed by atoms with van der Waals surface area (Å²) in [5, 5.41) is 10.5. The minimum Gasteiger partial charge on any atom is -0.479 e. The molecule has 2 fully saturated rings. The van der Waals surface area contributed by atoms with Crippen LogP contribution < -0.4 is 0 Å². The van der Waals surface area contributed by atoms with Gasteiger partial charge in [-0.25, -0.2) is 9.59 Å². The topological polar surface area (TPSA) is 60.9 Å². The quantitative estimate of drug-likeness (QED) is 0.870. The van der Waals surface area contributed by atoms with Gasteiger partial charge in [-0.1, -0.05) is 27.2 Å². The van der Waals surface area contributed by atoms with Gasteiger partial charge in [-0.05, 0) is 19.3 Å². The van der Waals surface area contributed by atoms with Crippen molar-refractivity contribution < 1.29 is 14.7 Å². The van der Waals surface area contributed by atoms with Crippen LogP contribution in [0.5, 0.6) is 0 Å². The molecule has 0 aromatic heterocycles. The van der Waals surface area contributed by atoms with Crippen LogP contribution in [-0.4, -0.2) is 62.6 Å². The Morgan fingerprint density at radius 3 is 2.43 bits per heavy atom. The summed E-state index contributed by atoms with van der Waals surface area (Å²) in [5.41, 5.74) is -0.983. The van der Waals surface area contributed by atoms with Crippen LogP contribution in [0.3, 0.4) is 0 Å². The van der Waals surface area contributed by atoms with Crippen LogP contribution in [0.4, 0.5) is 4.79 Å². The van der Waals surface area contributed by atoms with Crippen molar-refractivity contribution in [3.63, 3.8) is 0 Å². The van der Waals surface area contributed by atoms with Crippen molar-refractivity contribution in [2.24, 2.45) is 0 Å². The Morgan fingerprint density at radius 2 is 1.90 bits per heavy atom. The van der Waals surface area contributed by atoms with Crippen LogP contribution >= 0.6 is 11.8 Å². The van der Waals surface area contributed by atoms with Gasteiger partial charge in [0.2, 0.25) is 0 Å². The molecule has 0 bridgehead atoms. The summed E-state index contributed by atoms with van der Waals surface area (Å²) in [4.78, 5) is 28.2. The van der Waals surface area contributed by atoms with Gasteiger partial charge < -0.3 is 14.9 Å². The van der Waals surface area contributed by atoms with Crippen molar-refractivity contribution >= 4 is 23.8 Å². The minimum atomic E-state index is -0.983.